The molecule has 1 heterocycles. The van der Waals surface area contributed by atoms with Crippen molar-refractivity contribution in [3.63, 3.8) is 0 Å². The summed E-state index contributed by atoms with van der Waals surface area (Å²) in [6.07, 6.45) is 0. The molecule has 0 spiro atoms. The van der Waals surface area contributed by atoms with Gasteiger partial charge in [-0.05, 0) is 39.8 Å². The van der Waals surface area contributed by atoms with E-state index in [1.54, 1.807) is 23.3 Å². The van der Waals surface area contributed by atoms with Crippen molar-refractivity contribution < 1.29 is 0 Å². The minimum Gasteiger partial charge on any atom is -0.228 e. The first-order valence-electron chi connectivity index (χ1n) is 6.08. The fourth-order valence-electron chi connectivity index (χ4n) is 1.72. The summed E-state index contributed by atoms with van der Waals surface area (Å²) in [5.74, 6) is 0. The number of fused-ring (bicyclic) bond motifs is 1. The van der Waals surface area contributed by atoms with Gasteiger partial charge < -0.3 is 0 Å². The molecule has 1 aromatic carbocycles. The fraction of sp³-hybridized carbons (Fsp3) is 0.462. The third kappa shape index (κ3) is 3.41. The number of thiazole rings is 1. The average Bonchev–Trinajstić information content (AvgIpc) is 2.70. The van der Waals surface area contributed by atoms with Crippen molar-refractivity contribution in [3.8, 4) is 0 Å². The van der Waals surface area contributed by atoms with E-state index in [0.29, 0.717) is 10.5 Å². The van der Waals surface area contributed by atoms with E-state index in [2.05, 4.69) is 55.0 Å². The van der Waals surface area contributed by atoms with Gasteiger partial charge in [-0.3, -0.25) is 0 Å². The van der Waals surface area contributed by atoms with E-state index in [4.69, 9.17) is 0 Å². The standard InChI is InChI=1S/C13H19N2S3/c1-9(2)18(10(3)4)15-17-13-14-11-7-5-6-8-12(11)16-13/h5-10,15H,1-4H3/q+1. The summed E-state index contributed by atoms with van der Waals surface area (Å²) < 4.78 is 5.95. The third-order valence-electron chi connectivity index (χ3n) is 2.52. The molecule has 0 bridgehead atoms. The van der Waals surface area contributed by atoms with Gasteiger partial charge in [-0.25, -0.2) is 4.98 Å². The number of nitrogens with zero attached hydrogens (tertiary/aromatic N) is 1. The maximum atomic E-state index is 4.63. The number of benzene rings is 1. The van der Waals surface area contributed by atoms with Crippen LogP contribution in [-0.2, 0) is 11.1 Å². The summed E-state index contributed by atoms with van der Waals surface area (Å²) >= 11 is 3.67. The highest BCUT2D eigenvalue weighted by Crippen LogP contribution is 2.29. The Bertz CT molecular complexity index is 467. The van der Waals surface area contributed by atoms with E-state index in [9.17, 15) is 0 Å². The minimum absolute atomic E-state index is 0.230. The predicted molar refractivity (Wildman–Crippen MR) is 86.2 cm³/mol. The van der Waals surface area contributed by atoms with Gasteiger partial charge in [0.15, 0.2) is 4.34 Å². The molecular weight excluding hydrogens is 280 g/mol. The second-order valence-electron chi connectivity index (χ2n) is 4.60. The van der Waals surface area contributed by atoms with Crippen LogP contribution in [0, 0.1) is 0 Å². The average molecular weight is 300 g/mol. The normalized spacial score (nSPS) is 12.2. The SMILES string of the molecule is CC(C)[S+](NSc1nc2ccccc2s1)C(C)C. The quantitative estimate of drug-likeness (QED) is 0.660. The Morgan fingerprint density at radius 2 is 1.83 bits per heavy atom. The third-order valence-corrected chi connectivity index (χ3v) is 7.25. The smallest absolute Gasteiger partial charge is 0.170 e. The highest BCUT2D eigenvalue weighted by Gasteiger charge is 2.28. The van der Waals surface area contributed by atoms with Crippen molar-refractivity contribution in [2.75, 3.05) is 0 Å². The van der Waals surface area contributed by atoms with Gasteiger partial charge in [0.05, 0.1) is 21.3 Å². The Kier molecular flexibility index (Phi) is 4.95. The topological polar surface area (TPSA) is 24.9 Å². The monoisotopic (exact) mass is 299 g/mol. The maximum Gasteiger partial charge on any atom is 0.170 e. The molecule has 2 aromatic rings. The summed E-state index contributed by atoms with van der Waals surface area (Å²) in [5, 5.41) is 1.32. The molecule has 1 N–H and O–H groups in total. The Labute approximate surface area is 120 Å². The molecule has 5 heteroatoms. The summed E-state index contributed by atoms with van der Waals surface area (Å²) in [4.78, 5) is 4.63. The number of hydrogen-bond acceptors (Lipinski definition) is 4. The van der Waals surface area contributed by atoms with Crippen LogP contribution in [-0.4, -0.2) is 15.5 Å². The van der Waals surface area contributed by atoms with Crippen LogP contribution in [0.25, 0.3) is 10.2 Å². The van der Waals surface area contributed by atoms with Gasteiger partial charge in [-0.2, -0.15) is 0 Å². The number of para-hydroxylation sites is 1. The maximum absolute atomic E-state index is 4.63. The molecule has 0 saturated carbocycles. The van der Waals surface area contributed by atoms with Crippen molar-refractivity contribution in [3.05, 3.63) is 24.3 Å². The molecule has 0 radical (unpaired) electrons. The van der Waals surface area contributed by atoms with Crippen molar-refractivity contribution in [2.24, 2.45) is 0 Å². The van der Waals surface area contributed by atoms with Crippen LogP contribution in [0.4, 0.5) is 0 Å². The zero-order valence-electron chi connectivity index (χ0n) is 11.1. The van der Waals surface area contributed by atoms with E-state index in [0.717, 1.165) is 9.86 Å². The zero-order valence-corrected chi connectivity index (χ0v) is 13.6. The number of nitrogens with one attached hydrogen (secondary N) is 1. The Balaban J connectivity index is 2.05. The van der Waals surface area contributed by atoms with Crippen LogP contribution in [0.15, 0.2) is 28.6 Å². The Hall–Kier alpha value is -0.230. The molecule has 18 heavy (non-hydrogen) atoms. The van der Waals surface area contributed by atoms with Crippen molar-refractivity contribution >= 4 is 44.6 Å². The Morgan fingerprint density at radius 1 is 1.17 bits per heavy atom. The first-order valence-corrected chi connectivity index (χ1v) is 9.06. The molecule has 2 nitrogen and oxygen atoms in total. The molecule has 0 aliphatic heterocycles. The predicted octanol–water partition coefficient (Wildman–Crippen LogP) is 4.24. The second-order valence-corrected chi connectivity index (χ2v) is 9.78. The molecule has 0 unspecified atom stereocenters. The van der Waals surface area contributed by atoms with E-state index in [1.165, 1.54) is 4.70 Å². The molecule has 0 saturated heterocycles. The summed E-state index contributed by atoms with van der Waals surface area (Å²) in [6.45, 7) is 9.09. The second kappa shape index (κ2) is 6.28. The summed E-state index contributed by atoms with van der Waals surface area (Å²) in [5.41, 5.74) is 1.10. The summed E-state index contributed by atoms with van der Waals surface area (Å²) in [7, 11) is 0. The lowest BCUT2D eigenvalue weighted by Crippen LogP contribution is -2.33. The lowest BCUT2D eigenvalue weighted by atomic mass is 10.3. The molecular formula is C13H19N2S3+. The van der Waals surface area contributed by atoms with Crippen LogP contribution in [0.1, 0.15) is 27.7 Å². The molecule has 0 aliphatic rings. The van der Waals surface area contributed by atoms with Gasteiger partial charge in [0.2, 0.25) is 0 Å². The van der Waals surface area contributed by atoms with Crippen LogP contribution in [0.2, 0.25) is 0 Å². The molecule has 1 aromatic heterocycles. The first kappa shape index (κ1) is 14.2. The molecule has 0 atom stereocenters. The summed E-state index contributed by atoms with van der Waals surface area (Å²) in [6, 6.07) is 8.30. The molecule has 2 rings (SSSR count). The van der Waals surface area contributed by atoms with Gasteiger partial charge in [-0.1, -0.05) is 16.3 Å². The number of rotatable bonds is 5. The molecule has 0 fully saturated rings. The van der Waals surface area contributed by atoms with Crippen molar-refractivity contribution in [1.29, 1.82) is 0 Å². The molecule has 98 valence electrons. The highest BCUT2D eigenvalue weighted by molar-refractivity contribution is 8.12. The van der Waals surface area contributed by atoms with Crippen LogP contribution in [0.3, 0.4) is 0 Å². The van der Waals surface area contributed by atoms with Gasteiger partial charge in [-0.15, -0.1) is 11.3 Å². The van der Waals surface area contributed by atoms with Gasteiger partial charge in [0.25, 0.3) is 0 Å². The largest absolute Gasteiger partial charge is 0.228 e. The van der Waals surface area contributed by atoms with E-state index in [-0.39, 0.29) is 11.1 Å². The van der Waals surface area contributed by atoms with Gasteiger partial charge in [0, 0.05) is 11.9 Å². The number of hydrogen-bond donors (Lipinski definition) is 1. The molecule has 0 aliphatic carbocycles. The van der Waals surface area contributed by atoms with Crippen molar-refractivity contribution in [1.82, 2.24) is 9.11 Å². The van der Waals surface area contributed by atoms with Crippen LogP contribution >= 0.6 is 23.3 Å². The number of aromatic nitrogens is 1. The minimum atomic E-state index is 0.230. The lowest BCUT2D eigenvalue weighted by molar-refractivity contribution is 1.01. The van der Waals surface area contributed by atoms with Crippen LogP contribution in [0.5, 0.6) is 0 Å². The van der Waals surface area contributed by atoms with Gasteiger partial charge >= 0.3 is 0 Å². The Morgan fingerprint density at radius 3 is 2.44 bits per heavy atom. The van der Waals surface area contributed by atoms with E-state index >= 15 is 0 Å². The van der Waals surface area contributed by atoms with E-state index in [1.807, 2.05) is 6.07 Å². The highest BCUT2D eigenvalue weighted by atomic mass is 32.3. The first-order chi connectivity index (χ1) is 8.58. The van der Waals surface area contributed by atoms with E-state index < -0.39 is 0 Å². The lowest BCUT2D eigenvalue weighted by Gasteiger charge is -2.13. The van der Waals surface area contributed by atoms with Crippen molar-refractivity contribution in [2.45, 2.75) is 42.5 Å². The van der Waals surface area contributed by atoms with Crippen LogP contribution < -0.4 is 4.13 Å². The molecule has 0 amide bonds. The zero-order chi connectivity index (χ0) is 13.1. The fourth-order valence-corrected chi connectivity index (χ4v) is 6.60. The van der Waals surface area contributed by atoms with Gasteiger partial charge in [0.1, 0.15) is 10.5 Å².